The van der Waals surface area contributed by atoms with Crippen LogP contribution in [-0.2, 0) is 16.1 Å². The van der Waals surface area contributed by atoms with E-state index in [0.29, 0.717) is 24.9 Å². The van der Waals surface area contributed by atoms with Crippen molar-refractivity contribution in [2.45, 2.75) is 19.9 Å². The van der Waals surface area contributed by atoms with E-state index in [0.717, 1.165) is 23.4 Å². The van der Waals surface area contributed by atoms with Crippen LogP contribution in [0, 0.1) is 18.6 Å². The fraction of sp³-hybridized carbons (Fsp3) is 0.292. The van der Waals surface area contributed by atoms with Gasteiger partial charge in [-0.3, -0.25) is 14.3 Å². The highest BCUT2D eigenvalue weighted by atomic mass is 19.1. The lowest BCUT2D eigenvalue weighted by Gasteiger charge is -2.17. The Morgan fingerprint density at radius 1 is 1.09 bits per heavy atom. The van der Waals surface area contributed by atoms with Gasteiger partial charge in [0.15, 0.2) is 11.6 Å². The van der Waals surface area contributed by atoms with Gasteiger partial charge >= 0.3 is 0 Å². The van der Waals surface area contributed by atoms with Crippen LogP contribution in [0.4, 0.5) is 14.5 Å². The third-order valence-corrected chi connectivity index (χ3v) is 4.84. The first-order valence-corrected chi connectivity index (χ1v) is 10.6. The number of anilines is 1. The maximum absolute atomic E-state index is 13.5. The standard InChI is InChI=1S/C24H26F2N4O4/c1-17-3-6-20(7-4-17)33-12-10-29(2)24(32)16-30-15-19(14-27-30)28-23(31)9-11-34-22-8-5-18(25)13-21(22)26/h3-8,13-15H,9-12,16H2,1-2H3,(H,28,31). The summed E-state index contributed by atoms with van der Waals surface area (Å²) in [5.74, 6) is -1.47. The molecule has 34 heavy (non-hydrogen) atoms. The Kier molecular flexibility index (Phi) is 8.55. The second kappa shape index (κ2) is 11.8. The number of aryl methyl sites for hydroxylation is 1. The van der Waals surface area contributed by atoms with E-state index in [-0.39, 0.29) is 37.1 Å². The summed E-state index contributed by atoms with van der Waals surface area (Å²) in [5.41, 5.74) is 1.55. The molecule has 3 rings (SSSR count). The molecule has 0 unspecified atom stereocenters. The zero-order valence-electron chi connectivity index (χ0n) is 19.0. The van der Waals surface area contributed by atoms with Crippen LogP contribution < -0.4 is 14.8 Å². The molecule has 1 aromatic heterocycles. The molecule has 0 aliphatic heterocycles. The molecule has 0 aliphatic carbocycles. The average Bonchev–Trinajstić information content (AvgIpc) is 3.23. The number of nitrogens with one attached hydrogen (secondary N) is 1. The number of ether oxygens (including phenoxy) is 2. The van der Waals surface area contributed by atoms with Gasteiger partial charge in [-0.05, 0) is 31.2 Å². The summed E-state index contributed by atoms with van der Waals surface area (Å²) in [6.45, 7) is 2.68. The Bertz CT molecular complexity index is 1120. The summed E-state index contributed by atoms with van der Waals surface area (Å²) in [4.78, 5) is 26.0. The van der Waals surface area contributed by atoms with E-state index in [2.05, 4.69) is 10.4 Å². The molecule has 0 saturated heterocycles. The molecule has 0 bridgehead atoms. The number of likely N-dealkylation sites (N-methyl/N-ethyl adjacent to an activating group) is 1. The Morgan fingerprint density at radius 3 is 2.59 bits per heavy atom. The number of amides is 2. The van der Waals surface area contributed by atoms with Gasteiger partial charge < -0.3 is 19.7 Å². The van der Waals surface area contributed by atoms with Crippen LogP contribution in [0.5, 0.6) is 11.5 Å². The van der Waals surface area contributed by atoms with Crippen molar-refractivity contribution in [1.82, 2.24) is 14.7 Å². The monoisotopic (exact) mass is 472 g/mol. The molecule has 0 radical (unpaired) electrons. The van der Waals surface area contributed by atoms with E-state index in [9.17, 15) is 18.4 Å². The second-order valence-corrected chi connectivity index (χ2v) is 7.62. The Balaban J connectivity index is 1.37. The molecule has 1 heterocycles. The predicted octanol–water partition coefficient (Wildman–Crippen LogP) is 3.41. The molecule has 180 valence electrons. The first kappa shape index (κ1) is 24.7. The van der Waals surface area contributed by atoms with Crippen molar-refractivity contribution in [3.8, 4) is 11.5 Å². The summed E-state index contributed by atoms with van der Waals surface area (Å²) in [7, 11) is 1.68. The van der Waals surface area contributed by atoms with Gasteiger partial charge in [-0.15, -0.1) is 0 Å². The second-order valence-electron chi connectivity index (χ2n) is 7.62. The zero-order chi connectivity index (χ0) is 24.5. The highest BCUT2D eigenvalue weighted by molar-refractivity contribution is 5.90. The Morgan fingerprint density at radius 2 is 1.85 bits per heavy atom. The predicted molar refractivity (Wildman–Crippen MR) is 122 cm³/mol. The van der Waals surface area contributed by atoms with Gasteiger partial charge in [0.2, 0.25) is 11.8 Å². The van der Waals surface area contributed by atoms with E-state index < -0.39 is 11.6 Å². The van der Waals surface area contributed by atoms with Crippen LogP contribution in [0.2, 0.25) is 0 Å². The quantitative estimate of drug-likeness (QED) is 0.462. The number of hydrogen-bond acceptors (Lipinski definition) is 5. The number of rotatable bonds is 11. The first-order valence-electron chi connectivity index (χ1n) is 10.6. The summed E-state index contributed by atoms with van der Waals surface area (Å²) in [6.07, 6.45) is 2.91. The third-order valence-electron chi connectivity index (χ3n) is 4.84. The van der Waals surface area contributed by atoms with Crippen LogP contribution >= 0.6 is 0 Å². The van der Waals surface area contributed by atoms with E-state index in [1.54, 1.807) is 11.9 Å². The maximum atomic E-state index is 13.5. The van der Waals surface area contributed by atoms with Crippen LogP contribution in [0.25, 0.3) is 0 Å². The smallest absolute Gasteiger partial charge is 0.244 e. The molecule has 0 aliphatic rings. The van der Waals surface area contributed by atoms with Crippen LogP contribution in [-0.4, -0.2) is 53.3 Å². The van der Waals surface area contributed by atoms with Gasteiger partial charge in [0, 0.05) is 19.3 Å². The molecule has 0 fully saturated rings. The molecule has 0 atom stereocenters. The topological polar surface area (TPSA) is 85.7 Å². The van der Waals surface area contributed by atoms with Crippen molar-refractivity contribution in [1.29, 1.82) is 0 Å². The average molecular weight is 472 g/mol. The number of hydrogen-bond donors (Lipinski definition) is 1. The normalized spacial score (nSPS) is 10.6. The SMILES string of the molecule is Cc1ccc(OCCN(C)C(=O)Cn2cc(NC(=O)CCOc3ccc(F)cc3F)cn2)cc1. The van der Waals surface area contributed by atoms with Gasteiger partial charge in [0.1, 0.15) is 24.7 Å². The highest BCUT2D eigenvalue weighted by Crippen LogP contribution is 2.18. The van der Waals surface area contributed by atoms with Crippen molar-refractivity contribution < 1.29 is 27.8 Å². The van der Waals surface area contributed by atoms with Gasteiger partial charge in [0.25, 0.3) is 0 Å². The minimum absolute atomic E-state index is 0.00383. The first-order chi connectivity index (χ1) is 16.3. The molecule has 10 heteroatoms. The van der Waals surface area contributed by atoms with Crippen molar-refractivity contribution in [3.05, 3.63) is 72.1 Å². The lowest BCUT2D eigenvalue weighted by molar-refractivity contribution is -0.131. The Hall–Kier alpha value is -3.95. The zero-order valence-corrected chi connectivity index (χ0v) is 19.0. The van der Waals surface area contributed by atoms with E-state index in [1.165, 1.54) is 17.1 Å². The van der Waals surface area contributed by atoms with Crippen molar-refractivity contribution in [2.75, 3.05) is 32.1 Å². The largest absolute Gasteiger partial charge is 0.492 e. The van der Waals surface area contributed by atoms with Gasteiger partial charge in [-0.25, -0.2) is 8.78 Å². The summed E-state index contributed by atoms with van der Waals surface area (Å²) >= 11 is 0. The summed E-state index contributed by atoms with van der Waals surface area (Å²) in [5, 5.41) is 6.71. The third kappa shape index (κ3) is 7.58. The lowest BCUT2D eigenvalue weighted by atomic mass is 10.2. The van der Waals surface area contributed by atoms with Crippen LogP contribution in [0.1, 0.15) is 12.0 Å². The van der Waals surface area contributed by atoms with Crippen molar-refractivity contribution in [2.24, 2.45) is 0 Å². The molecule has 2 aromatic carbocycles. The maximum Gasteiger partial charge on any atom is 0.244 e. The molecular formula is C24H26F2N4O4. The van der Waals surface area contributed by atoms with Gasteiger partial charge in [-0.1, -0.05) is 17.7 Å². The molecule has 0 saturated carbocycles. The fourth-order valence-corrected chi connectivity index (χ4v) is 2.90. The molecule has 3 aromatic rings. The highest BCUT2D eigenvalue weighted by Gasteiger charge is 2.12. The minimum Gasteiger partial charge on any atom is -0.492 e. The lowest BCUT2D eigenvalue weighted by Crippen LogP contribution is -2.33. The minimum atomic E-state index is -0.835. The molecule has 0 spiro atoms. The van der Waals surface area contributed by atoms with E-state index in [1.807, 2.05) is 31.2 Å². The van der Waals surface area contributed by atoms with Gasteiger partial charge in [-0.2, -0.15) is 5.10 Å². The molecule has 8 nitrogen and oxygen atoms in total. The fourth-order valence-electron chi connectivity index (χ4n) is 2.90. The molecular weight excluding hydrogens is 446 g/mol. The number of aromatic nitrogens is 2. The number of carbonyl (C=O) groups is 2. The van der Waals surface area contributed by atoms with Crippen LogP contribution in [0.15, 0.2) is 54.9 Å². The number of benzene rings is 2. The number of halogens is 2. The Labute approximate surface area is 196 Å². The van der Waals surface area contributed by atoms with Gasteiger partial charge in [0.05, 0.1) is 31.5 Å². The molecule has 2 amide bonds. The van der Waals surface area contributed by atoms with Crippen molar-refractivity contribution in [3.63, 3.8) is 0 Å². The number of carbonyl (C=O) groups excluding carboxylic acids is 2. The van der Waals surface area contributed by atoms with Crippen LogP contribution in [0.3, 0.4) is 0 Å². The number of nitrogens with zero attached hydrogens (tertiary/aromatic N) is 3. The van der Waals surface area contributed by atoms with E-state index >= 15 is 0 Å². The summed E-state index contributed by atoms with van der Waals surface area (Å²) in [6, 6.07) is 10.6. The van der Waals surface area contributed by atoms with Crippen molar-refractivity contribution >= 4 is 17.5 Å². The summed E-state index contributed by atoms with van der Waals surface area (Å²) < 4.78 is 38.7. The van der Waals surface area contributed by atoms with E-state index in [4.69, 9.17) is 9.47 Å². The molecule has 1 N–H and O–H groups in total.